The summed E-state index contributed by atoms with van der Waals surface area (Å²) in [6.07, 6.45) is 5.21. The van der Waals surface area contributed by atoms with Crippen molar-refractivity contribution in [3.8, 4) is 0 Å². The summed E-state index contributed by atoms with van der Waals surface area (Å²) in [7, 11) is 0. The van der Waals surface area contributed by atoms with Gasteiger partial charge in [0.15, 0.2) is 0 Å². The molecule has 4 heteroatoms. The van der Waals surface area contributed by atoms with Gasteiger partial charge in [0.2, 0.25) is 5.91 Å². The van der Waals surface area contributed by atoms with Gasteiger partial charge in [-0.1, -0.05) is 43.7 Å². The van der Waals surface area contributed by atoms with Gasteiger partial charge in [-0.2, -0.15) is 0 Å². The maximum atomic E-state index is 13.4. The summed E-state index contributed by atoms with van der Waals surface area (Å²) >= 11 is 0. The van der Waals surface area contributed by atoms with Crippen molar-refractivity contribution in [2.75, 3.05) is 13.1 Å². The summed E-state index contributed by atoms with van der Waals surface area (Å²) in [5, 5.41) is 0. The van der Waals surface area contributed by atoms with E-state index < -0.39 is 6.04 Å². The fourth-order valence-corrected chi connectivity index (χ4v) is 4.18. The molecule has 1 aliphatic carbocycles. The molecule has 2 aliphatic rings. The predicted octanol–water partition coefficient (Wildman–Crippen LogP) is 3.70. The minimum Gasteiger partial charge on any atom is -0.328 e. The number of amides is 2. The molecular weight excluding hydrogens is 312 g/mol. The average Bonchev–Trinajstić information content (AvgIpc) is 2.60. The Balaban J connectivity index is 1.88. The van der Waals surface area contributed by atoms with Crippen LogP contribution in [0.3, 0.4) is 0 Å². The Morgan fingerprint density at radius 1 is 1.04 bits per heavy atom. The van der Waals surface area contributed by atoms with Gasteiger partial charge in [0.05, 0.1) is 0 Å². The SMILES string of the molecule is CCCN1C(=O)CN(C2CCC(C)CC2)C(=O)C1c1ccc(C)cc1. The number of carbonyl (C=O) groups is 2. The Morgan fingerprint density at radius 2 is 1.68 bits per heavy atom. The number of nitrogens with zero attached hydrogens (tertiary/aromatic N) is 2. The van der Waals surface area contributed by atoms with Gasteiger partial charge in [-0.3, -0.25) is 9.59 Å². The minimum atomic E-state index is -0.457. The molecule has 1 atom stereocenters. The van der Waals surface area contributed by atoms with Gasteiger partial charge in [0, 0.05) is 12.6 Å². The number of rotatable bonds is 4. The van der Waals surface area contributed by atoms with E-state index in [0.717, 1.165) is 43.6 Å². The summed E-state index contributed by atoms with van der Waals surface area (Å²) < 4.78 is 0. The highest BCUT2D eigenvalue weighted by atomic mass is 16.2. The van der Waals surface area contributed by atoms with Crippen LogP contribution in [0.5, 0.6) is 0 Å². The van der Waals surface area contributed by atoms with Crippen LogP contribution in [0.2, 0.25) is 0 Å². The zero-order valence-corrected chi connectivity index (χ0v) is 15.7. The maximum absolute atomic E-state index is 13.4. The second-order valence-corrected chi connectivity index (χ2v) is 7.78. The predicted molar refractivity (Wildman–Crippen MR) is 99.1 cm³/mol. The van der Waals surface area contributed by atoms with E-state index in [9.17, 15) is 9.59 Å². The van der Waals surface area contributed by atoms with Gasteiger partial charge in [0.25, 0.3) is 5.91 Å². The van der Waals surface area contributed by atoms with Crippen LogP contribution in [0.15, 0.2) is 24.3 Å². The fourth-order valence-electron chi connectivity index (χ4n) is 4.18. The van der Waals surface area contributed by atoms with E-state index in [1.54, 1.807) is 4.90 Å². The summed E-state index contributed by atoms with van der Waals surface area (Å²) in [5.74, 6) is 0.929. The van der Waals surface area contributed by atoms with E-state index >= 15 is 0 Å². The third-order valence-corrected chi connectivity index (χ3v) is 5.74. The lowest BCUT2D eigenvalue weighted by molar-refractivity contribution is -0.159. The standard InChI is InChI=1S/C21H30N2O2/c1-4-13-22-19(24)14-23(18-11-7-16(3)8-12-18)21(25)20(22)17-9-5-15(2)6-10-17/h5-6,9-10,16,18,20H,4,7-8,11-14H2,1-3H3. The van der Waals surface area contributed by atoms with Gasteiger partial charge < -0.3 is 9.80 Å². The van der Waals surface area contributed by atoms with Crippen molar-refractivity contribution in [1.82, 2.24) is 9.80 Å². The Morgan fingerprint density at radius 3 is 2.28 bits per heavy atom. The molecule has 2 amide bonds. The molecule has 1 saturated heterocycles. The van der Waals surface area contributed by atoms with Crippen LogP contribution >= 0.6 is 0 Å². The van der Waals surface area contributed by atoms with Gasteiger partial charge in [0.1, 0.15) is 12.6 Å². The van der Waals surface area contributed by atoms with Crippen LogP contribution in [-0.4, -0.2) is 40.7 Å². The first-order valence-electron chi connectivity index (χ1n) is 9.67. The molecule has 1 saturated carbocycles. The van der Waals surface area contributed by atoms with Crippen molar-refractivity contribution in [2.45, 2.75) is 65.0 Å². The molecule has 0 spiro atoms. The van der Waals surface area contributed by atoms with Gasteiger partial charge in [-0.05, 0) is 50.5 Å². The second-order valence-electron chi connectivity index (χ2n) is 7.78. The summed E-state index contributed by atoms with van der Waals surface area (Å²) in [4.78, 5) is 29.9. The molecular formula is C21H30N2O2. The zero-order chi connectivity index (χ0) is 18.0. The fraction of sp³-hybridized carbons (Fsp3) is 0.619. The maximum Gasteiger partial charge on any atom is 0.250 e. The lowest BCUT2D eigenvalue weighted by Crippen LogP contribution is -2.58. The second kappa shape index (κ2) is 7.59. The molecule has 3 rings (SSSR count). The van der Waals surface area contributed by atoms with E-state index in [4.69, 9.17) is 0 Å². The quantitative estimate of drug-likeness (QED) is 0.837. The molecule has 4 nitrogen and oxygen atoms in total. The first kappa shape index (κ1) is 18.0. The zero-order valence-electron chi connectivity index (χ0n) is 15.7. The van der Waals surface area contributed by atoms with Crippen LogP contribution in [0.25, 0.3) is 0 Å². The van der Waals surface area contributed by atoms with Crippen LogP contribution in [0.4, 0.5) is 0 Å². The van der Waals surface area contributed by atoms with Gasteiger partial charge >= 0.3 is 0 Å². The van der Waals surface area contributed by atoms with Gasteiger partial charge in [-0.15, -0.1) is 0 Å². The number of carbonyl (C=O) groups excluding carboxylic acids is 2. The van der Waals surface area contributed by atoms with Crippen LogP contribution in [0.1, 0.15) is 63.1 Å². The highest BCUT2D eigenvalue weighted by molar-refractivity contribution is 5.95. The van der Waals surface area contributed by atoms with Crippen molar-refractivity contribution in [3.05, 3.63) is 35.4 Å². The van der Waals surface area contributed by atoms with E-state index in [2.05, 4.69) is 13.8 Å². The Labute approximate surface area is 151 Å². The van der Waals surface area contributed by atoms with Crippen molar-refractivity contribution >= 4 is 11.8 Å². The summed E-state index contributed by atoms with van der Waals surface area (Å²) in [6, 6.07) is 7.82. The van der Waals surface area contributed by atoms with Crippen molar-refractivity contribution in [3.63, 3.8) is 0 Å². The molecule has 25 heavy (non-hydrogen) atoms. The molecule has 2 fully saturated rings. The first-order valence-corrected chi connectivity index (χ1v) is 9.67. The number of benzene rings is 1. The third kappa shape index (κ3) is 3.73. The lowest BCUT2D eigenvalue weighted by Gasteiger charge is -2.45. The van der Waals surface area contributed by atoms with Crippen LogP contribution in [-0.2, 0) is 9.59 Å². The molecule has 136 valence electrons. The minimum absolute atomic E-state index is 0.0886. The van der Waals surface area contributed by atoms with Crippen LogP contribution < -0.4 is 0 Å². The van der Waals surface area contributed by atoms with Crippen molar-refractivity contribution < 1.29 is 9.59 Å². The topological polar surface area (TPSA) is 40.6 Å². The molecule has 0 aromatic heterocycles. The molecule has 0 N–H and O–H groups in total. The van der Waals surface area contributed by atoms with Crippen molar-refractivity contribution in [1.29, 1.82) is 0 Å². The first-order chi connectivity index (χ1) is 12.0. The normalized spacial score (nSPS) is 27.7. The molecule has 1 aliphatic heterocycles. The Hall–Kier alpha value is -1.84. The molecule has 1 heterocycles. The Bertz CT molecular complexity index is 617. The average molecular weight is 342 g/mol. The molecule has 1 aromatic rings. The number of hydrogen-bond acceptors (Lipinski definition) is 2. The molecule has 1 aromatic carbocycles. The summed E-state index contributed by atoms with van der Waals surface area (Å²) in [6.45, 7) is 7.26. The highest BCUT2D eigenvalue weighted by Gasteiger charge is 2.42. The lowest BCUT2D eigenvalue weighted by atomic mass is 9.85. The van der Waals surface area contributed by atoms with E-state index in [1.807, 2.05) is 36.1 Å². The third-order valence-electron chi connectivity index (χ3n) is 5.74. The van der Waals surface area contributed by atoms with Gasteiger partial charge in [-0.25, -0.2) is 0 Å². The Kier molecular flexibility index (Phi) is 5.45. The van der Waals surface area contributed by atoms with Crippen LogP contribution in [0, 0.1) is 12.8 Å². The van der Waals surface area contributed by atoms with E-state index in [0.29, 0.717) is 6.54 Å². The molecule has 0 bridgehead atoms. The molecule has 1 unspecified atom stereocenters. The smallest absolute Gasteiger partial charge is 0.250 e. The van der Waals surface area contributed by atoms with E-state index in [-0.39, 0.29) is 24.4 Å². The monoisotopic (exact) mass is 342 g/mol. The number of piperazine rings is 1. The van der Waals surface area contributed by atoms with E-state index in [1.165, 1.54) is 5.56 Å². The molecule has 0 radical (unpaired) electrons. The van der Waals surface area contributed by atoms with Crippen molar-refractivity contribution in [2.24, 2.45) is 5.92 Å². The number of aryl methyl sites for hydroxylation is 1. The number of hydrogen-bond donors (Lipinski definition) is 0. The summed E-state index contributed by atoms with van der Waals surface area (Å²) in [5.41, 5.74) is 2.10. The largest absolute Gasteiger partial charge is 0.328 e. The highest BCUT2D eigenvalue weighted by Crippen LogP contribution is 2.33.